The highest BCUT2D eigenvalue weighted by Crippen LogP contribution is 2.20. The Morgan fingerprint density at radius 2 is 1.74 bits per heavy atom. The largest absolute Gasteiger partial charge is 0.478 e. The molecule has 0 saturated heterocycles. The van der Waals surface area contributed by atoms with E-state index in [4.69, 9.17) is 16.7 Å². The third-order valence-electron chi connectivity index (χ3n) is 3.35. The molecule has 0 atom stereocenters. The molecule has 1 aromatic carbocycles. The molecule has 1 aromatic rings. The van der Waals surface area contributed by atoms with Gasteiger partial charge >= 0.3 is 5.97 Å². The van der Waals surface area contributed by atoms with E-state index in [1.807, 2.05) is 6.07 Å². The number of carboxylic acids is 1. The van der Waals surface area contributed by atoms with Crippen LogP contribution in [0.4, 0.5) is 0 Å². The van der Waals surface area contributed by atoms with E-state index in [9.17, 15) is 4.79 Å². The lowest BCUT2D eigenvalue weighted by atomic mass is 10.0. The second-order valence-corrected chi connectivity index (χ2v) is 5.39. The van der Waals surface area contributed by atoms with Crippen LogP contribution in [0.25, 0.3) is 0 Å². The Bertz CT molecular complexity index is 402. The summed E-state index contributed by atoms with van der Waals surface area (Å²) in [6.45, 7) is 2.22. The van der Waals surface area contributed by atoms with Crippen molar-refractivity contribution in [1.82, 2.24) is 0 Å². The molecule has 1 rings (SSSR count). The first-order valence-electron chi connectivity index (χ1n) is 7.17. The number of aromatic carboxylic acids is 1. The summed E-state index contributed by atoms with van der Waals surface area (Å²) in [6, 6.07) is 5.01. The molecule has 106 valence electrons. The number of benzene rings is 1. The van der Waals surface area contributed by atoms with Crippen molar-refractivity contribution in [2.75, 3.05) is 0 Å². The lowest BCUT2D eigenvalue weighted by molar-refractivity contribution is 0.0697. The third kappa shape index (κ3) is 6.11. The van der Waals surface area contributed by atoms with Crippen LogP contribution in [-0.4, -0.2) is 11.1 Å². The number of unbranched alkanes of at least 4 members (excludes halogenated alkanes) is 6. The molecule has 0 aliphatic heterocycles. The molecule has 0 aliphatic rings. The molecule has 0 heterocycles. The Balaban J connectivity index is 2.28. The van der Waals surface area contributed by atoms with Crippen molar-refractivity contribution in [2.24, 2.45) is 0 Å². The van der Waals surface area contributed by atoms with Crippen LogP contribution in [0.5, 0.6) is 0 Å². The summed E-state index contributed by atoms with van der Waals surface area (Å²) in [7, 11) is 0. The predicted octanol–water partition coefficient (Wildman–Crippen LogP) is 5.33. The lowest BCUT2D eigenvalue weighted by Gasteiger charge is -2.05. The van der Waals surface area contributed by atoms with Gasteiger partial charge in [-0.05, 0) is 30.5 Å². The normalized spacial score (nSPS) is 10.6. The van der Waals surface area contributed by atoms with E-state index >= 15 is 0 Å². The molecule has 1 N–H and O–H groups in total. The first kappa shape index (κ1) is 16.0. The zero-order chi connectivity index (χ0) is 14.1. The number of rotatable bonds is 9. The summed E-state index contributed by atoms with van der Waals surface area (Å²) >= 11 is 6.09. The Morgan fingerprint density at radius 3 is 2.32 bits per heavy atom. The van der Waals surface area contributed by atoms with Crippen molar-refractivity contribution in [3.8, 4) is 0 Å². The van der Waals surface area contributed by atoms with Crippen LogP contribution in [0.15, 0.2) is 18.2 Å². The van der Waals surface area contributed by atoms with E-state index in [1.54, 1.807) is 12.1 Å². The maximum Gasteiger partial charge on any atom is 0.335 e. The lowest BCUT2D eigenvalue weighted by Crippen LogP contribution is -1.97. The predicted molar refractivity (Wildman–Crippen MR) is 80.1 cm³/mol. The molecule has 0 spiro atoms. The number of hydrogen-bond acceptors (Lipinski definition) is 1. The quantitative estimate of drug-likeness (QED) is 0.621. The number of aryl methyl sites for hydroxylation is 1. The zero-order valence-corrected chi connectivity index (χ0v) is 12.4. The average Bonchev–Trinajstić information content (AvgIpc) is 2.39. The Labute approximate surface area is 120 Å². The van der Waals surface area contributed by atoms with Crippen molar-refractivity contribution in [2.45, 2.75) is 58.3 Å². The summed E-state index contributed by atoms with van der Waals surface area (Å²) < 4.78 is 0. The first-order chi connectivity index (χ1) is 9.15. The summed E-state index contributed by atoms with van der Waals surface area (Å²) in [5.41, 5.74) is 1.31. The SMILES string of the molecule is CCCCCCCCCc1ccc(C(=O)O)cc1Cl. The molecule has 0 aromatic heterocycles. The van der Waals surface area contributed by atoms with Gasteiger partial charge in [0.05, 0.1) is 5.56 Å². The van der Waals surface area contributed by atoms with Crippen LogP contribution < -0.4 is 0 Å². The van der Waals surface area contributed by atoms with Crippen LogP contribution in [0.1, 0.15) is 67.8 Å². The molecule has 0 unspecified atom stereocenters. The van der Waals surface area contributed by atoms with Gasteiger partial charge in [-0.2, -0.15) is 0 Å². The summed E-state index contributed by atoms with van der Waals surface area (Å²) in [5.74, 6) is -0.927. The van der Waals surface area contributed by atoms with E-state index in [0.29, 0.717) is 5.02 Å². The molecule has 0 saturated carbocycles. The molecule has 0 fully saturated rings. The highest BCUT2D eigenvalue weighted by molar-refractivity contribution is 6.31. The number of carboxylic acid groups (broad SMARTS) is 1. The van der Waals surface area contributed by atoms with Crippen LogP contribution in [0.2, 0.25) is 5.02 Å². The molecular formula is C16H23ClO2. The van der Waals surface area contributed by atoms with Gasteiger partial charge in [0.25, 0.3) is 0 Å². The van der Waals surface area contributed by atoms with Gasteiger partial charge in [-0.15, -0.1) is 0 Å². The fourth-order valence-electron chi connectivity index (χ4n) is 2.16. The Kier molecular flexibility index (Phi) is 7.57. The molecular weight excluding hydrogens is 260 g/mol. The fourth-order valence-corrected chi connectivity index (χ4v) is 2.43. The van der Waals surface area contributed by atoms with Gasteiger partial charge in [0.1, 0.15) is 0 Å². The molecule has 3 heteroatoms. The van der Waals surface area contributed by atoms with Crippen molar-refractivity contribution in [1.29, 1.82) is 0 Å². The minimum atomic E-state index is -0.927. The summed E-state index contributed by atoms with van der Waals surface area (Å²) in [6.07, 6.45) is 9.84. The standard InChI is InChI=1S/C16H23ClO2/c1-2-3-4-5-6-7-8-9-13-10-11-14(16(18)19)12-15(13)17/h10-12H,2-9H2,1H3,(H,18,19). The van der Waals surface area contributed by atoms with E-state index in [-0.39, 0.29) is 5.56 Å². The minimum absolute atomic E-state index is 0.258. The van der Waals surface area contributed by atoms with Gasteiger partial charge in [0.15, 0.2) is 0 Å². The van der Waals surface area contributed by atoms with E-state index in [2.05, 4.69) is 6.92 Å². The smallest absolute Gasteiger partial charge is 0.335 e. The van der Waals surface area contributed by atoms with Gasteiger partial charge in [0.2, 0.25) is 0 Å². The summed E-state index contributed by atoms with van der Waals surface area (Å²) in [4.78, 5) is 10.8. The van der Waals surface area contributed by atoms with E-state index in [0.717, 1.165) is 18.4 Å². The third-order valence-corrected chi connectivity index (χ3v) is 3.70. The van der Waals surface area contributed by atoms with Crippen molar-refractivity contribution in [3.05, 3.63) is 34.3 Å². The van der Waals surface area contributed by atoms with Crippen LogP contribution >= 0.6 is 11.6 Å². The van der Waals surface area contributed by atoms with Crippen molar-refractivity contribution < 1.29 is 9.90 Å². The Hall–Kier alpha value is -1.02. The fraction of sp³-hybridized carbons (Fsp3) is 0.562. The van der Waals surface area contributed by atoms with Crippen molar-refractivity contribution >= 4 is 17.6 Å². The first-order valence-corrected chi connectivity index (χ1v) is 7.54. The number of halogens is 1. The molecule has 2 nitrogen and oxygen atoms in total. The zero-order valence-electron chi connectivity index (χ0n) is 11.6. The molecule has 0 aliphatic carbocycles. The monoisotopic (exact) mass is 282 g/mol. The second-order valence-electron chi connectivity index (χ2n) is 4.98. The number of hydrogen-bond donors (Lipinski definition) is 1. The maximum atomic E-state index is 10.8. The molecule has 0 bridgehead atoms. The van der Waals surface area contributed by atoms with Gasteiger partial charge in [-0.25, -0.2) is 4.79 Å². The van der Waals surface area contributed by atoms with E-state index < -0.39 is 5.97 Å². The average molecular weight is 283 g/mol. The van der Waals surface area contributed by atoms with Gasteiger partial charge in [-0.3, -0.25) is 0 Å². The summed E-state index contributed by atoms with van der Waals surface area (Å²) in [5, 5.41) is 9.43. The van der Waals surface area contributed by atoms with Gasteiger partial charge in [-0.1, -0.05) is 63.1 Å². The minimum Gasteiger partial charge on any atom is -0.478 e. The van der Waals surface area contributed by atoms with Crippen molar-refractivity contribution in [3.63, 3.8) is 0 Å². The van der Waals surface area contributed by atoms with Crippen LogP contribution in [-0.2, 0) is 6.42 Å². The van der Waals surface area contributed by atoms with Crippen LogP contribution in [0, 0.1) is 0 Å². The van der Waals surface area contributed by atoms with Crippen LogP contribution in [0.3, 0.4) is 0 Å². The topological polar surface area (TPSA) is 37.3 Å². The molecule has 0 amide bonds. The highest BCUT2D eigenvalue weighted by Gasteiger charge is 2.06. The highest BCUT2D eigenvalue weighted by atomic mass is 35.5. The maximum absolute atomic E-state index is 10.8. The Morgan fingerprint density at radius 1 is 1.11 bits per heavy atom. The van der Waals surface area contributed by atoms with Gasteiger partial charge in [0, 0.05) is 5.02 Å². The van der Waals surface area contributed by atoms with E-state index in [1.165, 1.54) is 38.5 Å². The second kappa shape index (κ2) is 8.98. The molecule has 0 radical (unpaired) electrons. The number of carbonyl (C=O) groups is 1. The molecule has 19 heavy (non-hydrogen) atoms. The van der Waals surface area contributed by atoms with Gasteiger partial charge < -0.3 is 5.11 Å².